The van der Waals surface area contributed by atoms with E-state index in [1.807, 2.05) is 12.1 Å². The fourth-order valence-electron chi connectivity index (χ4n) is 7.23. The molecule has 4 unspecified atom stereocenters. The number of benzene rings is 2. The molecule has 3 aliphatic carbocycles. The first-order chi connectivity index (χ1) is 17.2. The normalized spacial score (nSPS) is 28.6. The SMILES string of the molecule is CC12CCC3c4ccc(O)cc4CCC3C1CC[C@@H]2OCCC(=O)Nc1ccc(O)c(C(N)=O)c1O. The summed E-state index contributed by atoms with van der Waals surface area (Å²) >= 11 is 0. The van der Waals surface area contributed by atoms with Crippen molar-refractivity contribution in [3.05, 3.63) is 47.0 Å². The van der Waals surface area contributed by atoms with Gasteiger partial charge in [0.2, 0.25) is 5.91 Å². The van der Waals surface area contributed by atoms with E-state index < -0.39 is 23.0 Å². The number of hydrogen-bond donors (Lipinski definition) is 5. The first-order valence-corrected chi connectivity index (χ1v) is 12.8. The largest absolute Gasteiger partial charge is 0.508 e. The third kappa shape index (κ3) is 4.17. The molecule has 2 aromatic rings. The molecule has 36 heavy (non-hydrogen) atoms. The Bertz CT molecular complexity index is 1200. The summed E-state index contributed by atoms with van der Waals surface area (Å²) in [7, 11) is 0. The molecule has 6 N–H and O–H groups in total. The maximum atomic E-state index is 12.5. The molecule has 0 aromatic heterocycles. The van der Waals surface area contributed by atoms with Crippen LogP contribution in [0.1, 0.15) is 72.9 Å². The number of phenols is 3. The zero-order chi connectivity index (χ0) is 25.6. The van der Waals surface area contributed by atoms with E-state index in [0.717, 1.165) is 38.5 Å². The van der Waals surface area contributed by atoms with E-state index in [4.69, 9.17) is 10.5 Å². The van der Waals surface area contributed by atoms with Gasteiger partial charge in [-0.15, -0.1) is 0 Å². The predicted molar refractivity (Wildman–Crippen MR) is 134 cm³/mol. The Morgan fingerprint density at radius 1 is 1.11 bits per heavy atom. The standard InChI is InChI=1S/C28H34N2O6/c1-28-12-10-18-17-5-3-16(31)14-15(17)2-4-19(18)20(28)6-9-23(28)36-13-11-24(33)30-21-7-8-22(32)25(26(21)34)27(29)35/h3,5,7-8,14,18-20,23,31-32,34H,2,4,6,9-13H2,1H3,(H2,29,35)(H,30,33)/t18?,19?,20?,23-,28?/m0/s1. The Labute approximate surface area is 210 Å². The van der Waals surface area contributed by atoms with Crippen LogP contribution in [0.4, 0.5) is 5.69 Å². The number of aromatic hydroxyl groups is 3. The van der Waals surface area contributed by atoms with Crippen molar-refractivity contribution in [2.24, 2.45) is 23.0 Å². The second kappa shape index (κ2) is 9.32. The maximum absolute atomic E-state index is 12.5. The lowest BCUT2D eigenvalue weighted by Crippen LogP contribution is -2.44. The highest BCUT2D eigenvalue weighted by Gasteiger charge is 2.55. The maximum Gasteiger partial charge on any atom is 0.256 e. The van der Waals surface area contributed by atoms with Crippen LogP contribution in [-0.4, -0.2) is 39.8 Å². The molecule has 0 saturated heterocycles. The number of anilines is 1. The van der Waals surface area contributed by atoms with E-state index in [-0.39, 0.29) is 36.1 Å². The molecule has 0 aliphatic heterocycles. The van der Waals surface area contributed by atoms with Crippen LogP contribution < -0.4 is 11.1 Å². The molecule has 8 heteroatoms. The van der Waals surface area contributed by atoms with Gasteiger partial charge >= 0.3 is 0 Å². The Morgan fingerprint density at radius 2 is 1.92 bits per heavy atom. The fraction of sp³-hybridized carbons (Fsp3) is 0.500. The molecule has 2 saturated carbocycles. The number of aryl methyl sites for hydroxylation is 1. The van der Waals surface area contributed by atoms with Crippen molar-refractivity contribution in [3.63, 3.8) is 0 Å². The predicted octanol–water partition coefficient (Wildman–Crippen LogP) is 4.17. The van der Waals surface area contributed by atoms with Gasteiger partial charge in [-0.05, 0) is 97.1 Å². The van der Waals surface area contributed by atoms with Crippen LogP contribution in [0.3, 0.4) is 0 Å². The van der Waals surface area contributed by atoms with E-state index in [0.29, 0.717) is 23.5 Å². The highest BCUT2D eigenvalue weighted by atomic mass is 16.5. The van der Waals surface area contributed by atoms with Gasteiger partial charge in [0.25, 0.3) is 5.91 Å². The average molecular weight is 495 g/mol. The Kier molecular flexibility index (Phi) is 6.32. The van der Waals surface area contributed by atoms with E-state index in [1.165, 1.54) is 23.3 Å². The number of carbonyl (C=O) groups is 2. The highest BCUT2D eigenvalue weighted by molar-refractivity contribution is 6.02. The van der Waals surface area contributed by atoms with Gasteiger partial charge in [0, 0.05) is 0 Å². The molecular formula is C28H34N2O6. The number of primary amides is 1. The quantitative estimate of drug-likeness (QED) is 0.301. The number of hydrogen-bond acceptors (Lipinski definition) is 6. The topological polar surface area (TPSA) is 142 Å². The Balaban J connectivity index is 1.19. The molecule has 0 spiro atoms. The van der Waals surface area contributed by atoms with Gasteiger partial charge in [-0.1, -0.05) is 13.0 Å². The summed E-state index contributed by atoms with van der Waals surface area (Å²) in [5.41, 5.74) is 7.57. The van der Waals surface area contributed by atoms with Gasteiger partial charge in [0.05, 0.1) is 24.8 Å². The highest BCUT2D eigenvalue weighted by Crippen LogP contribution is 2.61. The van der Waals surface area contributed by atoms with Crippen LogP contribution in [-0.2, 0) is 16.0 Å². The van der Waals surface area contributed by atoms with Crippen molar-refractivity contribution in [1.29, 1.82) is 0 Å². The molecule has 2 amide bonds. The van der Waals surface area contributed by atoms with Crippen molar-refractivity contribution in [2.75, 3.05) is 11.9 Å². The average Bonchev–Trinajstić information content (AvgIpc) is 3.16. The minimum atomic E-state index is -0.984. The van der Waals surface area contributed by atoms with Gasteiger partial charge in [0.15, 0.2) is 5.75 Å². The van der Waals surface area contributed by atoms with Gasteiger partial charge in [0.1, 0.15) is 17.1 Å². The number of amides is 2. The van der Waals surface area contributed by atoms with Crippen molar-refractivity contribution in [2.45, 2.75) is 63.9 Å². The van der Waals surface area contributed by atoms with Crippen LogP contribution in [0.15, 0.2) is 30.3 Å². The molecule has 0 bridgehead atoms. The van der Waals surface area contributed by atoms with Gasteiger partial charge in [-0.2, -0.15) is 0 Å². The van der Waals surface area contributed by atoms with Crippen molar-refractivity contribution in [1.82, 2.24) is 0 Å². The second-order valence-electron chi connectivity index (χ2n) is 10.8. The molecule has 2 aromatic carbocycles. The lowest BCUT2D eigenvalue weighted by molar-refractivity contribution is -0.119. The van der Waals surface area contributed by atoms with Gasteiger partial charge < -0.3 is 31.1 Å². The minimum absolute atomic E-state index is 0.0173. The molecule has 2 fully saturated rings. The van der Waals surface area contributed by atoms with E-state index >= 15 is 0 Å². The number of rotatable bonds is 6. The lowest BCUT2D eigenvalue weighted by Gasteiger charge is -2.50. The summed E-state index contributed by atoms with van der Waals surface area (Å²) in [6.07, 6.45) is 6.64. The smallest absolute Gasteiger partial charge is 0.256 e. The van der Waals surface area contributed by atoms with Gasteiger partial charge in [-0.3, -0.25) is 9.59 Å². The lowest BCUT2D eigenvalue weighted by atomic mass is 9.55. The number of carbonyl (C=O) groups excluding carboxylic acids is 2. The fourth-order valence-corrected chi connectivity index (χ4v) is 7.23. The number of fused-ring (bicyclic) bond motifs is 5. The molecule has 0 heterocycles. The summed E-state index contributed by atoms with van der Waals surface area (Å²) in [5, 5.41) is 32.4. The summed E-state index contributed by atoms with van der Waals surface area (Å²) in [4.78, 5) is 24.0. The van der Waals surface area contributed by atoms with Crippen molar-refractivity contribution in [3.8, 4) is 17.2 Å². The molecule has 8 nitrogen and oxygen atoms in total. The molecule has 5 rings (SSSR count). The van der Waals surface area contributed by atoms with Gasteiger partial charge in [-0.25, -0.2) is 0 Å². The molecule has 3 aliphatic rings. The first kappa shape index (κ1) is 24.4. The van der Waals surface area contributed by atoms with Crippen LogP contribution in [0.2, 0.25) is 0 Å². The van der Waals surface area contributed by atoms with Crippen LogP contribution in [0.5, 0.6) is 17.2 Å². The molecular weight excluding hydrogens is 460 g/mol. The number of phenolic OH excluding ortho intramolecular Hbond substituents is 1. The Hall–Kier alpha value is -3.26. The molecule has 0 radical (unpaired) electrons. The number of nitrogens with one attached hydrogen (secondary N) is 1. The van der Waals surface area contributed by atoms with Crippen LogP contribution in [0.25, 0.3) is 0 Å². The zero-order valence-electron chi connectivity index (χ0n) is 20.5. The van der Waals surface area contributed by atoms with E-state index in [2.05, 4.69) is 18.3 Å². The third-order valence-electron chi connectivity index (χ3n) is 8.95. The van der Waals surface area contributed by atoms with E-state index in [9.17, 15) is 24.9 Å². The molecule has 5 atom stereocenters. The molecule has 192 valence electrons. The summed E-state index contributed by atoms with van der Waals surface area (Å²) < 4.78 is 6.29. The third-order valence-corrected chi connectivity index (χ3v) is 8.95. The van der Waals surface area contributed by atoms with Crippen LogP contribution in [0, 0.1) is 17.3 Å². The second-order valence-corrected chi connectivity index (χ2v) is 10.8. The summed E-state index contributed by atoms with van der Waals surface area (Å²) in [6.45, 7) is 2.61. The summed E-state index contributed by atoms with van der Waals surface area (Å²) in [5.74, 6) is -0.249. The van der Waals surface area contributed by atoms with Crippen LogP contribution >= 0.6 is 0 Å². The van der Waals surface area contributed by atoms with Crippen molar-refractivity contribution >= 4 is 17.5 Å². The minimum Gasteiger partial charge on any atom is -0.508 e. The van der Waals surface area contributed by atoms with E-state index in [1.54, 1.807) is 0 Å². The number of nitrogens with two attached hydrogens (primary N) is 1. The summed E-state index contributed by atoms with van der Waals surface area (Å²) in [6, 6.07) is 8.38. The first-order valence-electron chi connectivity index (χ1n) is 12.8. The monoisotopic (exact) mass is 494 g/mol. The van der Waals surface area contributed by atoms with Crippen molar-refractivity contribution < 1.29 is 29.6 Å². The number of ether oxygens (including phenoxy) is 1. The zero-order valence-corrected chi connectivity index (χ0v) is 20.5. The Morgan fingerprint density at radius 3 is 2.69 bits per heavy atom.